The largest absolute Gasteiger partial charge is 0.480 e. The monoisotopic (exact) mass is 263 g/mol. The molecule has 0 bridgehead atoms. The second-order valence-corrected chi connectivity index (χ2v) is 3.70. The number of amides is 1. The number of carboxylic acids is 1. The van der Waals surface area contributed by atoms with Crippen LogP contribution in [0.2, 0.25) is 0 Å². The van der Waals surface area contributed by atoms with Gasteiger partial charge < -0.3 is 10.4 Å². The van der Waals surface area contributed by atoms with E-state index in [1.807, 2.05) is 0 Å². The Balaban J connectivity index is 2.12. The maximum atomic E-state index is 12.8. The Hall–Kier alpha value is -2.70. The normalized spacial score (nSPS) is 10.2. The number of halogens is 1. The van der Waals surface area contributed by atoms with Gasteiger partial charge in [-0.25, -0.2) is 9.07 Å². The minimum Gasteiger partial charge on any atom is -0.480 e. The summed E-state index contributed by atoms with van der Waals surface area (Å²) < 4.78 is 14.2. The van der Waals surface area contributed by atoms with Gasteiger partial charge >= 0.3 is 5.97 Å². The molecule has 0 saturated carbocycles. The van der Waals surface area contributed by atoms with Gasteiger partial charge in [0.05, 0.1) is 5.69 Å². The topological polar surface area (TPSA) is 84.2 Å². The Bertz CT molecular complexity index is 607. The second-order valence-electron chi connectivity index (χ2n) is 3.70. The predicted octanol–water partition coefficient (Wildman–Crippen LogP) is 0.826. The molecule has 98 valence electrons. The van der Waals surface area contributed by atoms with E-state index in [0.29, 0.717) is 5.69 Å². The number of carbonyl (C=O) groups is 2. The molecule has 2 rings (SSSR count). The molecule has 6 nitrogen and oxygen atoms in total. The Morgan fingerprint density at radius 3 is 2.58 bits per heavy atom. The van der Waals surface area contributed by atoms with Crippen molar-refractivity contribution in [3.63, 3.8) is 0 Å². The van der Waals surface area contributed by atoms with Gasteiger partial charge in [0.15, 0.2) is 5.69 Å². The van der Waals surface area contributed by atoms with Gasteiger partial charge in [0.2, 0.25) is 0 Å². The average Bonchev–Trinajstić information content (AvgIpc) is 2.86. The van der Waals surface area contributed by atoms with Crippen LogP contribution < -0.4 is 5.32 Å². The highest BCUT2D eigenvalue weighted by Gasteiger charge is 2.11. The first-order valence-corrected chi connectivity index (χ1v) is 5.38. The van der Waals surface area contributed by atoms with Crippen LogP contribution in [0.3, 0.4) is 0 Å². The van der Waals surface area contributed by atoms with E-state index in [-0.39, 0.29) is 11.5 Å². The van der Waals surface area contributed by atoms with Crippen molar-refractivity contribution < 1.29 is 19.1 Å². The van der Waals surface area contributed by atoms with Crippen LogP contribution in [0.5, 0.6) is 0 Å². The van der Waals surface area contributed by atoms with Gasteiger partial charge in [-0.3, -0.25) is 9.59 Å². The lowest BCUT2D eigenvalue weighted by Gasteiger charge is -2.01. The zero-order valence-electron chi connectivity index (χ0n) is 9.71. The highest BCUT2D eigenvalue weighted by atomic mass is 19.1. The summed E-state index contributed by atoms with van der Waals surface area (Å²) in [4.78, 5) is 21.9. The molecule has 0 unspecified atom stereocenters. The van der Waals surface area contributed by atoms with Crippen LogP contribution in [0.4, 0.5) is 4.39 Å². The molecule has 19 heavy (non-hydrogen) atoms. The van der Waals surface area contributed by atoms with Crippen molar-refractivity contribution in [2.75, 3.05) is 6.54 Å². The Kier molecular flexibility index (Phi) is 3.56. The smallest absolute Gasteiger partial charge is 0.322 e. The molecule has 1 heterocycles. The molecule has 1 aromatic heterocycles. The van der Waals surface area contributed by atoms with E-state index in [0.717, 1.165) is 0 Å². The van der Waals surface area contributed by atoms with E-state index in [4.69, 9.17) is 5.11 Å². The van der Waals surface area contributed by atoms with E-state index in [9.17, 15) is 14.0 Å². The van der Waals surface area contributed by atoms with E-state index in [1.165, 1.54) is 41.2 Å². The molecule has 7 heteroatoms. The van der Waals surface area contributed by atoms with Crippen LogP contribution in [0.15, 0.2) is 36.5 Å². The number of carboxylic acid groups (broad SMARTS) is 1. The third-order valence-corrected chi connectivity index (χ3v) is 2.31. The lowest BCUT2D eigenvalue weighted by atomic mass is 10.3. The number of rotatable bonds is 4. The Morgan fingerprint density at radius 2 is 1.95 bits per heavy atom. The van der Waals surface area contributed by atoms with E-state index in [2.05, 4.69) is 10.4 Å². The lowest BCUT2D eigenvalue weighted by molar-refractivity contribution is -0.135. The molecular formula is C12H10FN3O3. The Labute approximate surface area is 107 Å². The molecule has 0 atom stereocenters. The zero-order chi connectivity index (χ0) is 13.8. The molecule has 2 N–H and O–H groups in total. The van der Waals surface area contributed by atoms with Gasteiger partial charge in [-0.1, -0.05) is 0 Å². The summed E-state index contributed by atoms with van der Waals surface area (Å²) in [6, 6.07) is 7.03. The fourth-order valence-electron chi connectivity index (χ4n) is 1.43. The van der Waals surface area contributed by atoms with Gasteiger partial charge in [-0.15, -0.1) is 0 Å². The van der Waals surface area contributed by atoms with E-state index < -0.39 is 18.4 Å². The number of benzene rings is 1. The van der Waals surface area contributed by atoms with Gasteiger partial charge in [-0.2, -0.15) is 5.10 Å². The molecule has 0 aliphatic carbocycles. The summed E-state index contributed by atoms with van der Waals surface area (Å²) in [5, 5.41) is 14.6. The first-order chi connectivity index (χ1) is 9.06. The number of nitrogens with one attached hydrogen (secondary N) is 1. The average molecular weight is 263 g/mol. The molecule has 0 fully saturated rings. The zero-order valence-corrected chi connectivity index (χ0v) is 9.71. The highest BCUT2D eigenvalue weighted by molar-refractivity contribution is 5.93. The van der Waals surface area contributed by atoms with Crippen molar-refractivity contribution in [1.29, 1.82) is 0 Å². The number of aliphatic carboxylic acids is 1. The third-order valence-electron chi connectivity index (χ3n) is 2.31. The van der Waals surface area contributed by atoms with Crippen molar-refractivity contribution in [1.82, 2.24) is 15.1 Å². The van der Waals surface area contributed by atoms with Crippen molar-refractivity contribution in [3.05, 3.63) is 48.0 Å². The molecule has 1 amide bonds. The fourth-order valence-corrected chi connectivity index (χ4v) is 1.43. The summed E-state index contributed by atoms with van der Waals surface area (Å²) in [6.07, 6.45) is 1.53. The van der Waals surface area contributed by atoms with Crippen LogP contribution in [0.1, 0.15) is 10.5 Å². The van der Waals surface area contributed by atoms with Crippen molar-refractivity contribution in [2.45, 2.75) is 0 Å². The molecule has 1 aromatic carbocycles. The SMILES string of the molecule is O=C(O)CNC(=O)c1ccn(-c2ccc(F)cc2)n1. The van der Waals surface area contributed by atoms with Gasteiger partial charge in [0.25, 0.3) is 5.91 Å². The molecule has 2 aromatic rings. The summed E-state index contributed by atoms with van der Waals surface area (Å²) in [6.45, 7) is -0.470. The van der Waals surface area contributed by atoms with E-state index >= 15 is 0 Å². The fraction of sp³-hybridized carbons (Fsp3) is 0.0833. The summed E-state index contributed by atoms with van der Waals surface area (Å²) in [5.74, 6) is -2.08. The molecule has 0 saturated heterocycles. The number of nitrogens with zero attached hydrogens (tertiary/aromatic N) is 2. The molecule has 0 radical (unpaired) electrons. The molecule has 0 aliphatic heterocycles. The van der Waals surface area contributed by atoms with E-state index in [1.54, 1.807) is 0 Å². The number of aromatic nitrogens is 2. The first kappa shape index (κ1) is 12.7. The summed E-state index contributed by atoms with van der Waals surface area (Å²) in [7, 11) is 0. The molecule has 0 aliphatic rings. The van der Waals surface area contributed by atoms with Crippen LogP contribution >= 0.6 is 0 Å². The Morgan fingerprint density at radius 1 is 1.26 bits per heavy atom. The van der Waals surface area contributed by atoms with Gasteiger partial charge in [0, 0.05) is 6.20 Å². The maximum Gasteiger partial charge on any atom is 0.322 e. The van der Waals surface area contributed by atoms with Crippen molar-refractivity contribution >= 4 is 11.9 Å². The quantitative estimate of drug-likeness (QED) is 0.855. The lowest BCUT2D eigenvalue weighted by Crippen LogP contribution is -2.29. The first-order valence-electron chi connectivity index (χ1n) is 5.38. The summed E-state index contributed by atoms with van der Waals surface area (Å²) >= 11 is 0. The van der Waals surface area contributed by atoms with Crippen LogP contribution in [-0.2, 0) is 4.79 Å². The van der Waals surface area contributed by atoms with Gasteiger partial charge in [0.1, 0.15) is 12.4 Å². The number of hydrogen-bond donors (Lipinski definition) is 2. The minimum absolute atomic E-state index is 0.0885. The van der Waals surface area contributed by atoms with Crippen molar-refractivity contribution in [2.24, 2.45) is 0 Å². The van der Waals surface area contributed by atoms with Crippen molar-refractivity contribution in [3.8, 4) is 5.69 Å². The maximum absolute atomic E-state index is 12.8. The highest BCUT2D eigenvalue weighted by Crippen LogP contribution is 2.08. The second kappa shape index (κ2) is 5.30. The van der Waals surface area contributed by atoms with Crippen LogP contribution in [0.25, 0.3) is 5.69 Å². The molecule has 0 spiro atoms. The predicted molar refractivity (Wildman–Crippen MR) is 63.5 cm³/mol. The minimum atomic E-state index is -1.13. The molecular weight excluding hydrogens is 253 g/mol. The van der Waals surface area contributed by atoms with Gasteiger partial charge in [-0.05, 0) is 30.3 Å². The standard InChI is InChI=1S/C12H10FN3O3/c13-8-1-3-9(4-2-8)16-6-5-10(15-16)12(19)14-7-11(17)18/h1-6H,7H2,(H,14,19)(H,17,18). The third kappa shape index (κ3) is 3.15. The number of carbonyl (C=O) groups excluding carboxylic acids is 1. The number of hydrogen-bond acceptors (Lipinski definition) is 3. The summed E-state index contributed by atoms with van der Waals surface area (Å²) in [5.41, 5.74) is 0.684. The van der Waals surface area contributed by atoms with Crippen LogP contribution in [-0.4, -0.2) is 33.3 Å². The van der Waals surface area contributed by atoms with Crippen LogP contribution in [0, 0.1) is 5.82 Å².